The molecule has 3 rings (SSSR count). The van der Waals surface area contributed by atoms with Crippen molar-refractivity contribution < 1.29 is 9.53 Å². The lowest BCUT2D eigenvalue weighted by atomic mass is 9.97. The van der Waals surface area contributed by atoms with Crippen LogP contribution in [0.4, 0.5) is 0 Å². The van der Waals surface area contributed by atoms with Gasteiger partial charge in [0.25, 0.3) is 0 Å². The maximum atomic E-state index is 12.3. The van der Waals surface area contributed by atoms with Crippen LogP contribution < -0.4 is 5.32 Å². The largest absolute Gasteiger partial charge is 0.381 e. The molecule has 0 bridgehead atoms. The minimum absolute atomic E-state index is 0.000648. The Hall–Kier alpha value is -1.39. The molecule has 4 nitrogen and oxygen atoms in total. The maximum Gasteiger partial charge on any atom is 0.238 e. The van der Waals surface area contributed by atoms with E-state index in [9.17, 15) is 4.79 Å². The zero-order chi connectivity index (χ0) is 14.1. The first-order chi connectivity index (χ1) is 9.68. The Kier molecular flexibility index (Phi) is 3.76. The van der Waals surface area contributed by atoms with Crippen molar-refractivity contribution in [1.29, 1.82) is 0 Å². The Morgan fingerprint density at radius 2 is 2.20 bits per heavy atom. The summed E-state index contributed by atoms with van der Waals surface area (Å²) in [4.78, 5) is 14.3. The Morgan fingerprint density at radius 1 is 1.40 bits per heavy atom. The zero-order valence-corrected chi connectivity index (χ0v) is 12.1. The van der Waals surface area contributed by atoms with Crippen molar-refractivity contribution in [3.05, 3.63) is 35.4 Å². The highest BCUT2D eigenvalue weighted by molar-refractivity contribution is 5.81. The fourth-order valence-electron chi connectivity index (χ4n) is 3.29. The van der Waals surface area contributed by atoms with Crippen LogP contribution in [0, 0.1) is 12.8 Å². The van der Waals surface area contributed by atoms with Gasteiger partial charge in [-0.2, -0.15) is 0 Å². The van der Waals surface area contributed by atoms with Gasteiger partial charge in [-0.15, -0.1) is 0 Å². The van der Waals surface area contributed by atoms with E-state index in [1.165, 1.54) is 11.1 Å². The van der Waals surface area contributed by atoms with Crippen LogP contribution in [0.5, 0.6) is 0 Å². The van der Waals surface area contributed by atoms with Gasteiger partial charge in [-0.05, 0) is 31.4 Å². The summed E-state index contributed by atoms with van der Waals surface area (Å²) >= 11 is 0. The van der Waals surface area contributed by atoms with Gasteiger partial charge in [-0.3, -0.25) is 10.1 Å². The third kappa shape index (κ3) is 2.34. The summed E-state index contributed by atoms with van der Waals surface area (Å²) in [5.74, 6) is 0.642. The van der Waals surface area contributed by atoms with E-state index in [-0.39, 0.29) is 18.1 Å². The number of carbonyl (C=O) groups is 1. The number of hydrogen-bond acceptors (Lipinski definition) is 3. The van der Waals surface area contributed by atoms with Gasteiger partial charge in [-0.25, -0.2) is 0 Å². The molecule has 2 aliphatic heterocycles. The lowest BCUT2D eigenvalue weighted by Gasteiger charge is -2.34. The van der Waals surface area contributed by atoms with Gasteiger partial charge in [0.15, 0.2) is 0 Å². The molecule has 0 radical (unpaired) electrons. The smallest absolute Gasteiger partial charge is 0.238 e. The lowest BCUT2D eigenvalue weighted by Crippen LogP contribution is -2.42. The van der Waals surface area contributed by atoms with Crippen LogP contribution in [-0.4, -0.2) is 36.6 Å². The SMILES string of the molecule is Cc1ccccc1C1NCC(=O)N1C(C)C1CCOC1. The molecule has 0 aliphatic carbocycles. The van der Waals surface area contributed by atoms with Crippen LogP contribution in [0.15, 0.2) is 24.3 Å². The van der Waals surface area contributed by atoms with Crippen LogP contribution in [0.3, 0.4) is 0 Å². The fourth-order valence-corrected chi connectivity index (χ4v) is 3.29. The summed E-state index contributed by atoms with van der Waals surface area (Å²) in [5, 5.41) is 3.35. The van der Waals surface area contributed by atoms with Crippen molar-refractivity contribution in [2.45, 2.75) is 32.5 Å². The molecule has 1 N–H and O–H groups in total. The van der Waals surface area contributed by atoms with Crippen molar-refractivity contribution in [3.8, 4) is 0 Å². The second-order valence-electron chi connectivity index (χ2n) is 5.81. The number of carbonyl (C=O) groups excluding carboxylic acids is 1. The van der Waals surface area contributed by atoms with Crippen molar-refractivity contribution >= 4 is 5.91 Å². The molecule has 1 aromatic carbocycles. The highest BCUT2D eigenvalue weighted by atomic mass is 16.5. The van der Waals surface area contributed by atoms with Crippen molar-refractivity contribution in [3.63, 3.8) is 0 Å². The summed E-state index contributed by atoms with van der Waals surface area (Å²) in [5.41, 5.74) is 2.42. The number of ether oxygens (including phenoxy) is 1. The van der Waals surface area contributed by atoms with E-state index >= 15 is 0 Å². The predicted octanol–water partition coefficient (Wildman–Crippen LogP) is 1.85. The molecule has 2 aliphatic rings. The van der Waals surface area contributed by atoms with E-state index in [0.717, 1.165) is 19.6 Å². The Morgan fingerprint density at radius 3 is 2.90 bits per heavy atom. The molecule has 108 valence electrons. The quantitative estimate of drug-likeness (QED) is 0.914. The summed E-state index contributed by atoms with van der Waals surface area (Å²) in [7, 11) is 0. The maximum absolute atomic E-state index is 12.3. The summed E-state index contributed by atoms with van der Waals surface area (Å²) in [6.45, 7) is 6.26. The molecule has 2 saturated heterocycles. The molecule has 0 spiro atoms. The minimum atomic E-state index is -0.000648. The number of aryl methyl sites for hydroxylation is 1. The van der Waals surface area contributed by atoms with Crippen LogP contribution in [-0.2, 0) is 9.53 Å². The molecular weight excluding hydrogens is 252 g/mol. The normalized spacial score (nSPS) is 28.1. The van der Waals surface area contributed by atoms with Gasteiger partial charge in [0.2, 0.25) is 5.91 Å². The number of nitrogens with zero attached hydrogens (tertiary/aromatic N) is 1. The molecular formula is C16H22N2O2. The van der Waals surface area contributed by atoms with Crippen LogP contribution in [0.1, 0.15) is 30.6 Å². The number of hydrogen-bond donors (Lipinski definition) is 1. The van der Waals surface area contributed by atoms with E-state index < -0.39 is 0 Å². The second kappa shape index (κ2) is 5.54. The predicted molar refractivity (Wildman–Crippen MR) is 77.2 cm³/mol. The number of amides is 1. The van der Waals surface area contributed by atoms with Gasteiger partial charge in [0.05, 0.1) is 13.2 Å². The Bertz CT molecular complexity index is 497. The third-order valence-corrected chi connectivity index (χ3v) is 4.58. The van der Waals surface area contributed by atoms with E-state index in [2.05, 4.69) is 31.3 Å². The van der Waals surface area contributed by atoms with Crippen LogP contribution in [0.25, 0.3) is 0 Å². The standard InChI is InChI=1S/C16H22N2O2/c1-11-5-3-4-6-14(11)16-17-9-15(19)18(16)12(2)13-7-8-20-10-13/h3-6,12-13,16-17H,7-10H2,1-2H3. The molecule has 0 aromatic heterocycles. The first kappa shape index (κ1) is 13.6. The molecule has 20 heavy (non-hydrogen) atoms. The minimum Gasteiger partial charge on any atom is -0.381 e. The highest BCUT2D eigenvalue weighted by Crippen LogP contribution is 2.31. The Balaban J connectivity index is 1.86. The monoisotopic (exact) mass is 274 g/mol. The van der Waals surface area contributed by atoms with Gasteiger partial charge in [0, 0.05) is 18.6 Å². The van der Waals surface area contributed by atoms with Crippen molar-refractivity contribution in [2.24, 2.45) is 5.92 Å². The average molecular weight is 274 g/mol. The molecule has 2 heterocycles. The molecule has 3 unspecified atom stereocenters. The van der Waals surface area contributed by atoms with Gasteiger partial charge in [-0.1, -0.05) is 24.3 Å². The fraction of sp³-hybridized carbons (Fsp3) is 0.562. The van der Waals surface area contributed by atoms with Gasteiger partial charge in [0.1, 0.15) is 6.17 Å². The second-order valence-corrected chi connectivity index (χ2v) is 5.81. The average Bonchev–Trinajstić information content (AvgIpc) is 3.08. The Labute approximate surface area is 120 Å². The first-order valence-corrected chi connectivity index (χ1v) is 7.36. The van der Waals surface area contributed by atoms with E-state index in [4.69, 9.17) is 4.74 Å². The first-order valence-electron chi connectivity index (χ1n) is 7.36. The number of rotatable bonds is 3. The molecule has 3 atom stereocenters. The van der Waals surface area contributed by atoms with Gasteiger partial charge >= 0.3 is 0 Å². The molecule has 1 amide bonds. The van der Waals surface area contributed by atoms with E-state index in [0.29, 0.717) is 12.5 Å². The summed E-state index contributed by atoms with van der Waals surface area (Å²) < 4.78 is 5.48. The molecule has 0 saturated carbocycles. The molecule has 1 aromatic rings. The zero-order valence-electron chi connectivity index (χ0n) is 12.1. The van der Waals surface area contributed by atoms with Crippen molar-refractivity contribution in [1.82, 2.24) is 10.2 Å². The van der Waals surface area contributed by atoms with E-state index in [1.807, 2.05) is 17.0 Å². The third-order valence-electron chi connectivity index (χ3n) is 4.58. The van der Waals surface area contributed by atoms with Crippen LogP contribution in [0.2, 0.25) is 0 Å². The molecule has 4 heteroatoms. The van der Waals surface area contributed by atoms with Gasteiger partial charge < -0.3 is 9.64 Å². The number of benzene rings is 1. The van der Waals surface area contributed by atoms with Crippen molar-refractivity contribution in [2.75, 3.05) is 19.8 Å². The molecule has 2 fully saturated rings. The van der Waals surface area contributed by atoms with E-state index in [1.54, 1.807) is 0 Å². The topological polar surface area (TPSA) is 41.6 Å². The number of nitrogens with one attached hydrogen (secondary N) is 1. The lowest BCUT2D eigenvalue weighted by molar-refractivity contribution is -0.131. The van der Waals surface area contributed by atoms with Crippen LogP contribution >= 0.6 is 0 Å². The highest BCUT2D eigenvalue weighted by Gasteiger charge is 2.39. The summed E-state index contributed by atoms with van der Waals surface area (Å²) in [6, 6.07) is 8.49. The summed E-state index contributed by atoms with van der Waals surface area (Å²) in [6.07, 6.45) is 1.05.